The molecule has 1 aliphatic heterocycles. The zero-order valence-electron chi connectivity index (χ0n) is 16.2. The van der Waals surface area contributed by atoms with Gasteiger partial charge < -0.3 is 4.90 Å². The highest BCUT2D eigenvalue weighted by molar-refractivity contribution is 7.17. The van der Waals surface area contributed by atoms with Crippen LogP contribution in [0.1, 0.15) is 42.9 Å². The van der Waals surface area contributed by atoms with E-state index in [2.05, 4.69) is 35.1 Å². The van der Waals surface area contributed by atoms with E-state index in [1.165, 1.54) is 39.9 Å². The van der Waals surface area contributed by atoms with Crippen LogP contribution in [-0.2, 0) is 12.8 Å². The summed E-state index contributed by atoms with van der Waals surface area (Å²) >= 11 is 1.45. The first-order valence-electron chi connectivity index (χ1n) is 10.2. The molecular formula is C22H25N3O2S. The van der Waals surface area contributed by atoms with Gasteiger partial charge >= 0.3 is 5.69 Å². The number of hydrogen-bond donors (Lipinski definition) is 1. The largest absolute Gasteiger partial charge is 0.329 e. The Kier molecular flexibility index (Phi) is 4.48. The van der Waals surface area contributed by atoms with Crippen LogP contribution >= 0.6 is 11.3 Å². The fraction of sp³-hybridized carbons (Fsp3) is 0.455. The number of piperidine rings is 1. The number of nitrogens with one attached hydrogen (secondary N) is 1. The molecule has 1 aromatic carbocycles. The Labute approximate surface area is 167 Å². The third kappa shape index (κ3) is 2.95. The summed E-state index contributed by atoms with van der Waals surface area (Å²) in [7, 11) is 2.08. The van der Waals surface area contributed by atoms with E-state index < -0.39 is 0 Å². The molecular weight excluding hydrogens is 370 g/mol. The number of aromatic nitrogens is 2. The second-order valence-electron chi connectivity index (χ2n) is 8.18. The molecule has 0 spiro atoms. The standard InChI is InChI=1S/C22H25N3O2S/c1-24-10-8-17(9-11-24)25-21(26)19-18(13-28-20(19)23-22(25)27)16-7-6-14-4-2-3-5-15(14)12-16/h6-7,12-13,17H,2-5,8-11H2,1H3,(H,23,27). The van der Waals surface area contributed by atoms with Gasteiger partial charge in [0.2, 0.25) is 0 Å². The Bertz CT molecular complexity index is 1150. The van der Waals surface area contributed by atoms with Gasteiger partial charge in [-0.3, -0.25) is 14.3 Å². The van der Waals surface area contributed by atoms with Crippen LogP contribution < -0.4 is 11.2 Å². The first kappa shape index (κ1) is 17.9. The molecule has 3 aromatic rings. The van der Waals surface area contributed by atoms with Gasteiger partial charge in [-0.1, -0.05) is 18.2 Å². The van der Waals surface area contributed by atoms with Crippen LogP contribution in [0.25, 0.3) is 21.3 Å². The van der Waals surface area contributed by atoms with Crippen LogP contribution in [0.5, 0.6) is 0 Å². The van der Waals surface area contributed by atoms with Crippen molar-refractivity contribution in [1.29, 1.82) is 0 Å². The summed E-state index contributed by atoms with van der Waals surface area (Å²) in [5, 5.41) is 2.69. The van der Waals surface area contributed by atoms with Crippen molar-refractivity contribution >= 4 is 21.6 Å². The number of H-pyrrole nitrogens is 1. The summed E-state index contributed by atoms with van der Waals surface area (Å²) in [6.07, 6.45) is 6.43. The molecule has 1 N–H and O–H groups in total. The Morgan fingerprint density at radius 2 is 1.82 bits per heavy atom. The first-order valence-corrected chi connectivity index (χ1v) is 11.1. The molecule has 0 unspecified atom stereocenters. The third-order valence-electron chi connectivity index (χ3n) is 6.38. The van der Waals surface area contributed by atoms with Crippen LogP contribution in [0, 0.1) is 0 Å². The summed E-state index contributed by atoms with van der Waals surface area (Å²) in [6.45, 7) is 1.83. The molecule has 5 nitrogen and oxygen atoms in total. The summed E-state index contributed by atoms with van der Waals surface area (Å²) in [5.74, 6) is 0. The highest BCUT2D eigenvalue weighted by Gasteiger charge is 2.24. The quantitative estimate of drug-likeness (QED) is 0.722. The lowest BCUT2D eigenvalue weighted by molar-refractivity contribution is 0.216. The maximum absolute atomic E-state index is 13.4. The zero-order chi connectivity index (χ0) is 19.3. The van der Waals surface area contributed by atoms with Crippen LogP contribution in [0.4, 0.5) is 0 Å². The van der Waals surface area contributed by atoms with Crippen molar-refractivity contribution in [3.8, 4) is 11.1 Å². The van der Waals surface area contributed by atoms with Crippen molar-refractivity contribution in [1.82, 2.24) is 14.5 Å². The minimum Gasteiger partial charge on any atom is -0.306 e. The van der Waals surface area contributed by atoms with Gasteiger partial charge in [0.15, 0.2) is 0 Å². The molecule has 0 radical (unpaired) electrons. The van der Waals surface area contributed by atoms with Crippen LogP contribution in [-0.4, -0.2) is 34.6 Å². The number of thiophene rings is 1. The van der Waals surface area contributed by atoms with Gasteiger partial charge in [0.05, 0.1) is 5.39 Å². The van der Waals surface area contributed by atoms with Gasteiger partial charge in [0.1, 0.15) is 4.83 Å². The lowest BCUT2D eigenvalue weighted by atomic mass is 9.89. The van der Waals surface area contributed by atoms with E-state index in [1.807, 2.05) is 5.38 Å². The van der Waals surface area contributed by atoms with E-state index in [0.29, 0.717) is 10.2 Å². The molecule has 1 saturated heterocycles. The SMILES string of the molecule is CN1CCC(n2c(=O)[nH]c3scc(-c4ccc5c(c4)CCCC5)c3c2=O)CC1. The van der Waals surface area contributed by atoms with E-state index >= 15 is 0 Å². The fourth-order valence-electron chi connectivity index (χ4n) is 4.73. The monoisotopic (exact) mass is 395 g/mol. The minimum atomic E-state index is -0.272. The molecule has 28 heavy (non-hydrogen) atoms. The summed E-state index contributed by atoms with van der Waals surface area (Å²) < 4.78 is 1.48. The molecule has 1 fully saturated rings. The average molecular weight is 396 g/mol. The number of aryl methyl sites for hydroxylation is 2. The molecule has 5 rings (SSSR count). The second-order valence-corrected chi connectivity index (χ2v) is 9.06. The lowest BCUT2D eigenvalue weighted by Crippen LogP contribution is -2.42. The molecule has 146 valence electrons. The maximum atomic E-state index is 13.4. The van der Waals surface area contributed by atoms with E-state index in [4.69, 9.17) is 0 Å². The van der Waals surface area contributed by atoms with Crippen LogP contribution in [0.2, 0.25) is 0 Å². The second kappa shape index (κ2) is 7.01. The average Bonchev–Trinajstić information content (AvgIpc) is 3.13. The number of rotatable bonds is 2. The van der Waals surface area contributed by atoms with Crippen molar-refractivity contribution in [3.63, 3.8) is 0 Å². The molecule has 0 amide bonds. The van der Waals surface area contributed by atoms with Crippen molar-refractivity contribution in [3.05, 3.63) is 55.5 Å². The lowest BCUT2D eigenvalue weighted by Gasteiger charge is -2.29. The van der Waals surface area contributed by atoms with Gasteiger partial charge in [0, 0.05) is 17.0 Å². The first-order chi connectivity index (χ1) is 13.6. The van der Waals surface area contributed by atoms with Gasteiger partial charge in [-0.25, -0.2) is 4.79 Å². The molecule has 0 saturated carbocycles. The smallest absolute Gasteiger partial charge is 0.306 e. The van der Waals surface area contributed by atoms with E-state index in [-0.39, 0.29) is 17.3 Å². The maximum Gasteiger partial charge on any atom is 0.329 e. The van der Waals surface area contributed by atoms with Crippen molar-refractivity contribution < 1.29 is 0 Å². The zero-order valence-corrected chi connectivity index (χ0v) is 17.0. The van der Waals surface area contributed by atoms with Crippen molar-refractivity contribution in [2.24, 2.45) is 0 Å². The Hall–Kier alpha value is -2.18. The summed E-state index contributed by atoms with van der Waals surface area (Å²) in [5.41, 5.74) is 4.48. The number of aromatic amines is 1. The Morgan fingerprint density at radius 3 is 2.61 bits per heavy atom. The fourth-order valence-corrected chi connectivity index (χ4v) is 5.68. The van der Waals surface area contributed by atoms with Gasteiger partial charge in [-0.05, 0) is 75.4 Å². The van der Waals surface area contributed by atoms with Gasteiger partial charge in [0.25, 0.3) is 5.56 Å². The van der Waals surface area contributed by atoms with Gasteiger partial charge in [-0.15, -0.1) is 11.3 Å². The molecule has 2 aromatic heterocycles. The predicted octanol–water partition coefficient (Wildman–Crippen LogP) is 3.56. The van der Waals surface area contributed by atoms with Crippen molar-refractivity contribution in [2.45, 2.75) is 44.6 Å². The predicted molar refractivity (Wildman–Crippen MR) is 115 cm³/mol. The molecule has 1 aliphatic carbocycles. The van der Waals surface area contributed by atoms with Gasteiger partial charge in [-0.2, -0.15) is 0 Å². The normalized spacial score (nSPS) is 18.5. The number of nitrogens with zero attached hydrogens (tertiary/aromatic N) is 2. The number of benzene rings is 1. The molecule has 2 aliphatic rings. The molecule has 0 bridgehead atoms. The van der Waals surface area contributed by atoms with E-state index in [0.717, 1.165) is 49.9 Å². The van der Waals surface area contributed by atoms with Crippen LogP contribution in [0.3, 0.4) is 0 Å². The summed E-state index contributed by atoms with van der Waals surface area (Å²) in [6, 6.07) is 6.58. The number of fused-ring (bicyclic) bond motifs is 2. The van der Waals surface area contributed by atoms with E-state index in [9.17, 15) is 9.59 Å². The highest BCUT2D eigenvalue weighted by atomic mass is 32.1. The number of hydrogen-bond acceptors (Lipinski definition) is 4. The van der Waals surface area contributed by atoms with Crippen molar-refractivity contribution in [2.75, 3.05) is 20.1 Å². The molecule has 3 heterocycles. The van der Waals surface area contributed by atoms with E-state index in [1.54, 1.807) is 0 Å². The number of likely N-dealkylation sites (tertiary alicyclic amines) is 1. The summed E-state index contributed by atoms with van der Waals surface area (Å²) in [4.78, 5) is 32.0. The Morgan fingerprint density at radius 1 is 1.07 bits per heavy atom. The molecule has 0 atom stereocenters. The molecule has 6 heteroatoms. The third-order valence-corrected chi connectivity index (χ3v) is 7.27. The van der Waals surface area contributed by atoms with Crippen LogP contribution in [0.15, 0.2) is 33.2 Å². The Balaban J connectivity index is 1.64. The topological polar surface area (TPSA) is 58.1 Å². The minimum absolute atomic E-state index is 0.0202. The highest BCUT2D eigenvalue weighted by Crippen LogP contribution is 2.33.